The predicted molar refractivity (Wildman–Crippen MR) is 53.7 cm³/mol. The van der Waals surface area contributed by atoms with Gasteiger partial charge in [-0.15, -0.1) is 0 Å². The van der Waals surface area contributed by atoms with Gasteiger partial charge in [0.25, 0.3) is 0 Å². The molecule has 0 heterocycles. The van der Waals surface area contributed by atoms with E-state index in [2.05, 4.69) is 6.08 Å². The molecule has 0 amide bonds. The average molecular weight is 192 g/mol. The number of ketones is 1. The van der Waals surface area contributed by atoms with Crippen LogP contribution in [0.25, 0.3) is 0 Å². The third-order valence-corrected chi connectivity index (χ3v) is 3.93. The van der Waals surface area contributed by atoms with Crippen molar-refractivity contribution in [2.24, 2.45) is 23.2 Å². The van der Waals surface area contributed by atoms with Gasteiger partial charge in [-0.05, 0) is 25.2 Å². The minimum Gasteiger partial charge on any atom is -0.303 e. The largest absolute Gasteiger partial charge is 0.303 e. The predicted octanol–water partition coefficient (Wildman–Crippen LogP) is 1.99. The van der Waals surface area contributed by atoms with Crippen molar-refractivity contribution in [2.75, 3.05) is 0 Å². The second-order valence-corrected chi connectivity index (χ2v) is 4.82. The second kappa shape index (κ2) is 3.04. The normalized spacial score (nSPS) is 45.6. The van der Waals surface area contributed by atoms with Crippen molar-refractivity contribution in [2.45, 2.75) is 26.7 Å². The third-order valence-electron chi connectivity index (χ3n) is 3.93. The molecule has 0 saturated heterocycles. The molecule has 0 aromatic rings. The number of rotatable bonds is 2. The summed E-state index contributed by atoms with van der Waals surface area (Å²) in [7, 11) is 0. The van der Waals surface area contributed by atoms with Gasteiger partial charge in [-0.25, -0.2) is 0 Å². The quantitative estimate of drug-likeness (QED) is 0.495. The SMILES string of the molecule is C[C@H]1C[C@H]2C=C[C@@](C)(C1=O)[C@H]2CC=O. The van der Waals surface area contributed by atoms with Gasteiger partial charge in [0.2, 0.25) is 0 Å². The molecule has 2 rings (SSSR count). The van der Waals surface area contributed by atoms with Gasteiger partial charge >= 0.3 is 0 Å². The summed E-state index contributed by atoms with van der Waals surface area (Å²) in [4.78, 5) is 22.6. The van der Waals surface area contributed by atoms with Crippen molar-refractivity contribution in [1.82, 2.24) is 0 Å². The van der Waals surface area contributed by atoms with Crippen molar-refractivity contribution in [3.05, 3.63) is 12.2 Å². The van der Waals surface area contributed by atoms with Crippen molar-refractivity contribution in [3.63, 3.8) is 0 Å². The molecule has 2 aliphatic carbocycles. The van der Waals surface area contributed by atoms with Crippen molar-refractivity contribution in [3.8, 4) is 0 Å². The molecule has 1 saturated carbocycles. The van der Waals surface area contributed by atoms with Gasteiger partial charge < -0.3 is 4.79 Å². The number of carbonyl (C=O) groups is 2. The van der Waals surface area contributed by atoms with Crippen LogP contribution < -0.4 is 0 Å². The summed E-state index contributed by atoms with van der Waals surface area (Å²) in [6, 6.07) is 0. The first kappa shape index (κ1) is 9.63. The Morgan fingerprint density at radius 2 is 2.36 bits per heavy atom. The van der Waals surface area contributed by atoms with Crippen LogP contribution in [0.5, 0.6) is 0 Å². The molecule has 0 aromatic heterocycles. The van der Waals surface area contributed by atoms with Gasteiger partial charge in [-0.2, -0.15) is 0 Å². The first-order chi connectivity index (χ1) is 6.59. The Morgan fingerprint density at radius 1 is 1.64 bits per heavy atom. The van der Waals surface area contributed by atoms with Crippen LogP contribution in [0.4, 0.5) is 0 Å². The van der Waals surface area contributed by atoms with Crippen LogP contribution in [0, 0.1) is 23.2 Å². The molecule has 76 valence electrons. The van der Waals surface area contributed by atoms with Gasteiger partial charge in [-0.1, -0.05) is 19.1 Å². The summed E-state index contributed by atoms with van der Waals surface area (Å²) >= 11 is 0. The van der Waals surface area contributed by atoms with Crippen LogP contribution >= 0.6 is 0 Å². The zero-order chi connectivity index (χ0) is 10.3. The highest BCUT2D eigenvalue weighted by Crippen LogP contribution is 2.51. The minimum atomic E-state index is -0.358. The van der Waals surface area contributed by atoms with E-state index in [-0.39, 0.29) is 17.3 Å². The molecule has 0 spiro atoms. The first-order valence-corrected chi connectivity index (χ1v) is 5.27. The lowest BCUT2D eigenvalue weighted by atomic mass is 9.62. The molecular formula is C12H16O2. The molecule has 2 bridgehead atoms. The Kier molecular flexibility index (Phi) is 2.09. The van der Waals surface area contributed by atoms with Crippen molar-refractivity contribution >= 4 is 12.1 Å². The minimum absolute atomic E-state index is 0.155. The number of carbonyl (C=O) groups excluding carboxylic acids is 2. The van der Waals surface area contributed by atoms with Gasteiger partial charge in [0.05, 0.1) is 0 Å². The lowest BCUT2D eigenvalue weighted by Gasteiger charge is -2.39. The van der Waals surface area contributed by atoms with Crippen LogP contribution in [0.3, 0.4) is 0 Å². The number of Topliss-reactive ketones (excluding diaryl/α,β-unsaturated/α-hetero) is 1. The summed E-state index contributed by atoms with van der Waals surface area (Å²) in [5.74, 6) is 1.14. The van der Waals surface area contributed by atoms with E-state index in [9.17, 15) is 9.59 Å². The molecule has 2 nitrogen and oxygen atoms in total. The zero-order valence-corrected chi connectivity index (χ0v) is 8.69. The molecule has 0 unspecified atom stereocenters. The maximum Gasteiger partial charge on any atom is 0.145 e. The fourth-order valence-corrected chi connectivity index (χ4v) is 3.10. The van der Waals surface area contributed by atoms with E-state index in [0.717, 1.165) is 12.7 Å². The highest BCUT2D eigenvalue weighted by Gasteiger charge is 2.51. The van der Waals surface area contributed by atoms with E-state index in [1.165, 1.54) is 0 Å². The molecule has 0 aromatic carbocycles. The van der Waals surface area contributed by atoms with Crippen LogP contribution in [0.15, 0.2) is 12.2 Å². The molecule has 2 heteroatoms. The maximum absolute atomic E-state index is 12.0. The molecular weight excluding hydrogens is 176 g/mol. The van der Waals surface area contributed by atoms with E-state index >= 15 is 0 Å². The maximum atomic E-state index is 12.0. The summed E-state index contributed by atoms with van der Waals surface area (Å²) in [6.07, 6.45) is 6.55. The topological polar surface area (TPSA) is 34.1 Å². The van der Waals surface area contributed by atoms with Crippen LogP contribution in [0.1, 0.15) is 26.7 Å². The Balaban J connectivity index is 2.33. The van der Waals surface area contributed by atoms with E-state index in [1.807, 2.05) is 19.9 Å². The fraction of sp³-hybridized carbons (Fsp3) is 0.667. The summed E-state index contributed by atoms with van der Waals surface area (Å²) < 4.78 is 0. The second-order valence-electron chi connectivity index (χ2n) is 4.82. The van der Waals surface area contributed by atoms with E-state index < -0.39 is 0 Å². The van der Waals surface area contributed by atoms with Crippen LogP contribution in [-0.4, -0.2) is 12.1 Å². The molecule has 0 radical (unpaired) electrons. The Bertz CT molecular complexity index is 305. The zero-order valence-electron chi connectivity index (χ0n) is 8.69. The molecule has 0 N–H and O–H groups in total. The Morgan fingerprint density at radius 3 is 3.00 bits per heavy atom. The van der Waals surface area contributed by atoms with Gasteiger partial charge in [-0.3, -0.25) is 4.79 Å². The molecule has 1 fully saturated rings. The number of fused-ring (bicyclic) bond motifs is 2. The van der Waals surface area contributed by atoms with E-state index in [4.69, 9.17) is 0 Å². The monoisotopic (exact) mass is 192 g/mol. The summed E-state index contributed by atoms with van der Waals surface area (Å²) in [5.41, 5.74) is -0.358. The lowest BCUT2D eigenvalue weighted by molar-refractivity contribution is -0.136. The van der Waals surface area contributed by atoms with Crippen molar-refractivity contribution < 1.29 is 9.59 Å². The number of allylic oxidation sites excluding steroid dienone is 2. The lowest BCUT2D eigenvalue weighted by Crippen LogP contribution is -2.43. The van der Waals surface area contributed by atoms with Gasteiger partial charge in [0.1, 0.15) is 12.1 Å². The van der Waals surface area contributed by atoms with Gasteiger partial charge in [0, 0.05) is 17.8 Å². The highest BCUT2D eigenvalue weighted by molar-refractivity contribution is 5.90. The summed E-state index contributed by atoms with van der Waals surface area (Å²) in [5, 5.41) is 0. The van der Waals surface area contributed by atoms with E-state index in [1.54, 1.807) is 0 Å². The smallest absolute Gasteiger partial charge is 0.145 e. The molecule has 0 aliphatic heterocycles. The Hall–Kier alpha value is -0.920. The van der Waals surface area contributed by atoms with Crippen LogP contribution in [0.2, 0.25) is 0 Å². The third kappa shape index (κ3) is 1.09. The average Bonchev–Trinajstić information content (AvgIpc) is 2.40. The standard InChI is InChI=1S/C12H16O2/c1-8-7-9-3-5-12(2,11(8)14)10(9)4-6-13/h3,5-6,8-10H,4,7H2,1-2H3/t8-,9+,10-,12+/m0/s1. The number of hydrogen-bond acceptors (Lipinski definition) is 2. The molecule has 2 aliphatic rings. The fourth-order valence-electron chi connectivity index (χ4n) is 3.10. The first-order valence-electron chi connectivity index (χ1n) is 5.27. The van der Waals surface area contributed by atoms with E-state index in [0.29, 0.717) is 18.1 Å². The molecule has 4 atom stereocenters. The number of aldehydes is 1. The van der Waals surface area contributed by atoms with Crippen molar-refractivity contribution in [1.29, 1.82) is 0 Å². The molecule has 14 heavy (non-hydrogen) atoms. The Labute approximate surface area is 84.4 Å². The summed E-state index contributed by atoms with van der Waals surface area (Å²) in [6.45, 7) is 3.98. The number of hydrogen-bond donors (Lipinski definition) is 0. The highest BCUT2D eigenvalue weighted by atomic mass is 16.1. The van der Waals surface area contributed by atoms with Crippen LogP contribution in [-0.2, 0) is 9.59 Å². The van der Waals surface area contributed by atoms with Gasteiger partial charge in [0.15, 0.2) is 0 Å².